The summed E-state index contributed by atoms with van der Waals surface area (Å²) in [5, 5.41) is 18.1. The van der Waals surface area contributed by atoms with Crippen LogP contribution in [0.4, 0.5) is 0 Å². The maximum atomic E-state index is 14.3. The number of guanidine groups is 3. The minimum absolute atomic E-state index is 0.0500. The summed E-state index contributed by atoms with van der Waals surface area (Å²) in [7, 11) is 0. The van der Waals surface area contributed by atoms with E-state index < -0.39 is 83.5 Å². The molecule has 0 aliphatic carbocycles. The smallest absolute Gasteiger partial charge is 0.224 e. The van der Waals surface area contributed by atoms with Gasteiger partial charge in [-0.15, -0.1) is 0 Å². The fraction of sp³-hybridized carbons (Fsp3) is 0.767. The lowest BCUT2D eigenvalue weighted by Crippen LogP contribution is -2.49. The van der Waals surface area contributed by atoms with Crippen LogP contribution >= 0.6 is 0 Å². The third-order valence-corrected chi connectivity index (χ3v) is 10.7. The van der Waals surface area contributed by atoms with Crippen molar-refractivity contribution < 1.29 is 38.7 Å². The van der Waals surface area contributed by atoms with Gasteiger partial charge >= 0.3 is 0 Å². The lowest BCUT2D eigenvalue weighted by atomic mass is 9.87. The molecule has 22 nitrogen and oxygen atoms in total. The van der Waals surface area contributed by atoms with E-state index in [1.807, 2.05) is 27.7 Å². The molecule has 4 amide bonds. The van der Waals surface area contributed by atoms with Gasteiger partial charge in [0, 0.05) is 56.7 Å². The second kappa shape index (κ2) is 33.2. The van der Waals surface area contributed by atoms with Crippen LogP contribution in [0, 0.1) is 35.5 Å². The van der Waals surface area contributed by atoms with Crippen LogP contribution in [0.15, 0.2) is 15.0 Å². The molecule has 0 aromatic heterocycles. The number of carbonyl (C=O) groups excluding carboxylic acids is 7. The Morgan fingerprint density at radius 2 is 0.877 bits per heavy atom. The number of unbranched alkanes of at least 4 members (excludes halogenated alkanes) is 1. The lowest BCUT2D eigenvalue weighted by molar-refractivity contribution is -0.136. The van der Waals surface area contributed by atoms with Crippen molar-refractivity contribution in [3.63, 3.8) is 0 Å². The van der Waals surface area contributed by atoms with Crippen molar-refractivity contribution in [3.8, 4) is 0 Å². The van der Waals surface area contributed by atoms with E-state index in [9.17, 15) is 38.7 Å². The molecule has 7 atom stereocenters. The topological polar surface area (TPSA) is 421 Å². The quantitative estimate of drug-likeness (QED) is 0.0195. The van der Waals surface area contributed by atoms with Crippen LogP contribution in [0.1, 0.15) is 125 Å². The van der Waals surface area contributed by atoms with Crippen molar-refractivity contribution in [3.05, 3.63) is 0 Å². The molecule has 0 heterocycles. The van der Waals surface area contributed by atoms with Gasteiger partial charge in [-0.25, -0.2) is 0 Å². The number of aliphatic hydroxyl groups excluding tert-OH is 1. The fourth-order valence-electron chi connectivity index (χ4n) is 7.13. The average molecular weight is 923 g/mol. The molecule has 0 aromatic carbocycles. The highest BCUT2D eigenvalue weighted by Crippen LogP contribution is 2.22. The number of aliphatic hydroxyl groups is 1. The Bertz CT molecular complexity index is 1590. The highest BCUT2D eigenvalue weighted by Gasteiger charge is 2.34. The second-order valence-corrected chi connectivity index (χ2v) is 17.7. The summed E-state index contributed by atoms with van der Waals surface area (Å²) in [4.78, 5) is 107. The van der Waals surface area contributed by atoms with Crippen LogP contribution in [0.2, 0.25) is 0 Å². The molecule has 20 N–H and O–H groups in total. The summed E-state index contributed by atoms with van der Waals surface area (Å²) in [5.41, 5.74) is 44.1. The summed E-state index contributed by atoms with van der Waals surface area (Å²) in [5.74, 6) is -7.79. The van der Waals surface area contributed by atoms with Crippen molar-refractivity contribution in [2.24, 2.45) is 96.4 Å². The molecule has 372 valence electrons. The first kappa shape index (κ1) is 59.6. The first-order valence-corrected chi connectivity index (χ1v) is 22.8. The second-order valence-electron chi connectivity index (χ2n) is 17.7. The number of nitrogens with one attached hydrogen (secondary N) is 3. The lowest BCUT2D eigenvalue weighted by Gasteiger charge is -2.27. The van der Waals surface area contributed by atoms with Crippen molar-refractivity contribution in [1.29, 1.82) is 0 Å². The van der Waals surface area contributed by atoms with E-state index in [0.717, 1.165) is 12.8 Å². The van der Waals surface area contributed by atoms with E-state index in [2.05, 4.69) is 30.9 Å². The minimum Gasteiger partial charge on any atom is -0.396 e. The SMILES string of the molecule is CC(C)C[C@H](CC(=O)[C@H](CCCN=C(N)N)NC(=O)[C@H](CCCN=C(N)N)CC(=O)[C@H](CCCN=C(N)N)NC(=O)[C@@H](C)CCCCN)C(=O)N[C@@H](CC(C)C)C(=O)CC(CO)C(N)=O. The van der Waals surface area contributed by atoms with Gasteiger partial charge < -0.3 is 66.9 Å². The van der Waals surface area contributed by atoms with Gasteiger partial charge in [0.25, 0.3) is 0 Å². The van der Waals surface area contributed by atoms with Gasteiger partial charge in [-0.2, -0.15) is 0 Å². The molecule has 0 radical (unpaired) electrons. The molecule has 0 aliphatic heterocycles. The number of amides is 4. The number of hydrogen-bond acceptors (Lipinski definition) is 12. The largest absolute Gasteiger partial charge is 0.396 e. The third kappa shape index (κ3) is 27.5. The van der Waals surface area contributed by atoms with Crippen molar-refractivity contribution in [2.45, 2.75) is 143 Å². The number of nitrogens with two attached hydrogens (primary N) is 8. The summed E-state index contributed by atoms with van der Waals surface area (Å²) in [6.07, 6.45) is 2.77. The van der Waals surface area contributed by atoms with Gasteiger partial charge in [-0.1, -0.05) is 41.0 Å². The Kier molecular flexibility index (Phi) is 30.4. The van der Waals surface area contributed by atoms with E-state index in [1.54, 1.807) is 6.92 Å². The number of primary amides is 1. The van der Waals surface area contributed by atoms with Crippen LogP contribution in [0.25, 0.3) is 0 Å². The molecule has 65 heavy (non-hydrogen) atoms. The van der Waals surface area contributed by atoms with E-state index in [0.29, 0.717) is 19.4 Å². The minimum atomic E-state index is -1.15. The molecule has 0 spiro atoms. The molecule has 0 saturated carbocycles. The van der Waals surface area contributed by atoms with Crippen molar-refractivity contribution in [2.75, 3.05) is 32.8 Å². The van der Waals surface area contributed by atoms with Gasteiger partial charge in [-0.05, 0) is 82.6 Å². The number of ketones is 3. The highest BCUT2D eigenvalue weighted by atomic mass is 16.3. The zero-order valence-corrected chi connectivity index (χ0v) is 39.4. The van der Waals surface area contributed by atoms with Crippen molar-refractivity contribution in [1.82, 2.24) is 16.0 Å². The van der Waals surface area contributed by atoms with Gasteiger partial charge in [-0.3, -0.25) is 48.5 Å². The average Bonchev–Trinajstić information content (AvgIpc) is 3.21. The third-order valence-electron chi connectivity index (χ3n) is 10.7. The molecular formula is C43H82N14O8. The van der Waals surface area contributed by atoms with E-state index >= 15 is 0 Å². The van der Waals surface area contributed by atoms with E-state index in [-0.39, 0.29) is 119 Å². The van der Waals surface area contributed by atoms with Gasteiger partial charge in [0.15, 0.2) is 35.2 Å². The zero-order chi connectivity index (χ0) is 49.6. The van der Waals surface area contributed by atoms with Crippen LogP contribution in [-0.4, -0.2) is 115 Å². The molecule has 0 aliphatic rings. The first-order chi connectivity index (χ1) is 30.5. The standard InChI is InChI=1S/C43H82N14O8/c1-25(2)19-29(40(65)57-33(20-26(3)4)36(61)23-30(24-58)37(45)62)22-35(60)32(14-10-18-54-43(50)51)56-39(64)28(12-8-16-52-41(46)47)21-34(59)31(13-9-17-53-42(48)49)55-38(63)27(5)11-6-7-15-44/h25-33,58H,6-24,44H2,1-5H3,(H2,45,62)(H,55,63)(H,56,64)(H,57,65)(H4,46,47,52)(H4,48,49,53)(H4,50,51,54)/t27-,28+,29+,30?,31-,32-,33-/m0/s1. The number of carbonyl (C=O) groups is 7. The normalized spacial score (nSPS) is 14.4. The van der Waals surface area contributed by atoms with Crippen LogP contribution in [0.5, 0.6) is 0 Å². The number of aliphatic imine (C=N–C) groups is 3. The fourth-order valence-corrected chi connectivity index (χ4v) is 7.13. The van der Waals surface area contributed by atoms with Gasteiger partial charge in [0.1, 0.15) is 0 Å². The number of rotatable bonds is 37. The predicted molar refractivity (Wildman–Crippen MR) is 252 cm³/mol. The Labute approximate surface area is 384 Å². The summed E-state index contributed by atoms with van der Waals surface area (Å²) in [6.45, 7) is 9.54. The van der Waals surface area contributed by atoms with Gasteiger partial charge in [0.05, 0.1) is 30.7 Å². The maximum absolute atomic E-state index is 14.3. The zero-order valence-electron chi connectivity index (χ0n) is 39.4. The highest BCUT2D eigenvalue weighted by molar-refractivity contribution is 5.97. The van der Waals surface area contributed by atoms with Crippen LogP contribution < -0.4 is 61.8 Å². The van der Waals surface area contributed by atoms with Crippen molar-refractivity contribution >= 4 is 58.9 Å². The molecule has 0 saturated heterocycles. The number of Topliss-reactive ketones (excluding diaryl/α,β-unsaturated/α-hetero) is 3. The molecule has 22 heteroatoms. The molecule has 0 aromatic rings. The summed E-state index contributed by atoms with van der Waals surface area (Å²) < 4.78 is 0. The van der Waals surface area contributed by atoms with Crippen LogP contribution in [-0.2, 0) is 33.6 Å². The monoisotopic (exact) mass is 923 g/mol. The molecule has 0 rings (SSSR count). The van der Waals surface area contributed by atoms with E-state index in [4.69, 9.17) is 45.9 Å². The van der Waals surface area contributed by atoms with E-state index in [1.165, 1.54) is 0 Å². The van der Waals surface area contributed by atoms with Gasteiger partial charge in [0.2, 0.25) is 23.6 Å². The number of hydrogen-bond donors (Lipinski definition) is 12. The molecule has 0 bridgehead atoms. The van der Waals surface area contributed by atoms with Crippen LogP contribution in [0.3, 0.4) is 0 Å². The maximum Gasteiger partial charge on any atom is 0.224 e. The predicted octanol–water partition coefficient (Wildman–Crippen LogP) is -1.34. The Hall–Kier alpha value is -5.38. The Balaban J connectivity index is 6.79. The summed E-state index contributed by atoms with van der Waals surface area (Å²) in [6, 6.07) is -3.15. The Morgan fingerprint density at radius 3 is 1.31 bits per heavy atom. The molecule has 1 unspecified atom stereocenters. The molecule has 0 fully saturated rings. The Morgan fingerprint density at radius 1 is 0.477 bits per heavy atom. The number of nitrogens with zero attached hydrogens (tertiary/aromatic N) is 3. The first-order valence-electron chi connectivity index (χ1n) is 22.8. The molecular weight excluding hydrogens is 841 g/mol. The summed E-state index contributed by atoms with van der Waals surface area (Å²) >= 11 is 0.